The van der Waals surface area contributed by atoms with E-state index in [2.05, 4.69) is 48.8 Å². The Bertz CT molecular complexity index is 707. The molecule has 1 heterocycles. The number of benzene rings is 2. The Morgan fingerprint density at radius 2 is 1.69 bits per heavy atom. The van der Waals surface area contributed by atoms with Gasteiger partial charge in [-0.25, -0.2) is 4.39 Å². The van der Waals surface area contributed by atoms with Crippen LogP contribution in [0, 0.1) is 12.7 Å². The van der Waals surface area contributed by atoms with Crippen molar-refractivity contribution in [1.29, 1.82) is 0 Å². The summed E-state index contributed by atoms with van der Waals surface area (Å²) in [6, 6.07) is 13.3. The third kappa shape index (κ3) is 4.76. The van der Waals surface area contributed by atoms with Gasteiger partial charge in [-0.2, -0.15) is 0 Å². The molecule has 2 aromatic carbocycles. The molecule has 0 radical (unpaired) electrons. The van der Waals surface area contributed by atoms with Crippen LogP contribution in [-0.2, 0) is 0 Å². The van der Waals surface area contributed by atoms with Gasteiger partial charge in [0.05, 0.1) is 0 Å². The smallest absolute Gasteiger partial charge is 0.123 e. The standard InChI is InChI=1S/C22H29FN2O/c1-17(2)21-9-4-18(3)16-22(21)26-15-14-24-10-12-25(13-11-24)20-7-5-19(23)6-8-20/h4-9,16-17H,10-15H2,1-3H3. The molecule has 0 N–H and O–H groups in total. The molecule has 0 aromatic heterocycles. The zero-order valence-corrected chi connectivity index (χ0v) is 16.0. The van der Waals surface area contributed by atoms with E-state index in [1.54, 1.807) is 0 Å². The lowest BCUT2D eigenvalue weighted by atomic mass is 10.0. The van der Waals surface area contributed by atoms with Crippen molar-refractivity contribution in [3.05, 3.63) is 59.4 Å². The lowest BCUT2D eigenvalue weighted by Gasteiger charge is -2.36. The molecule has 1 saturated heterocycles. The van der Waals surface area contributed by atoms with E-state index in [9.17, 15) is 4.39 Å². The maximum Gasteiger partial charge on any atom is 0.123 e. The van der Waals surface area contributed by atoms with E-state index in [-0.39, 0.29) is 5.82 Å². The Morgan fingerprint density at radius 3 is 2.35 bits per heavy atom. The quantitative estimate of drug-likeness (QED) is 0.760. The summed E-state index contributed by atoms with van der Waals surface area (Å²) in [7, 11) is 0. The zero-order valence-electron chi connectivity index (χ0n) is 16.0. The lowest BCUT2D eigenvalue weighted by molar-refractivity contribution is 0.199. The van der Waals surface area contributed by atoms with Gasteiger partial charge in [-0.15, -0.1) is 0 Å². The molecule has 1 fully saturated rings. The van der Waals surface area contributed by atoms with Crippen molar-refractivity contribution >= 4 is 5.69 Å². The first-order valence-electron chi connectivity index (χ1n) is 9.49. The second-order valence-electron chi connectivity index (χ2n) is 7.35. The second kappa shape index (κ2) is 8.54. The van der Waals surface area contributed by atoms with E-state index >= 15 is 0 Å². The van der Waals surface area contributed by atoms with Crippen LogP contribution in [0.25, 0.3) is 0 Å². The molecular weight excluding hydrogens is 327 g/mol. The first-order chi connectivity index (χ1) is 12.5. The predicted octanol–water partition coefficient (Wildman–Crippen LogP) is 4.46. The van der Waals surface area contributed by atoms with E-state index < -0.39 is 0 Å². The van der Waals surface area contributed by atoms with Gasteiger partial charge in [0.15, 0.2) is 0 Å². The van der Waals surface area contributed by atoms with Gasteiger partial charge in [-0.05, 0) is 54.3 Å². The van der Waals surface area contributed by atoms with Crippen LogP contribution in [0.2, 0.25) is 0 Å². The molecule has 2 aromatic rings. The highest BCUT2D eigenvalue weighted by Gasteiger charge is 2.17. The van der Waals surface area contributed by atoms with Gasteiger partial charge >= 0.3 is 0 Å². The van der Waals surface area contributed by atoms with Gasteiger partial charge < -0.3 is 9.64 Å². The van der Waals surface area contributed by atoms with Crippen molar-refractivity contribution in [1.82, 2.24) is 4.90 Å². The Labute approximate surface area is 156 Å². The minimum atomic E-state index is -0.179. The molecule has 0 aliphatic carbocycles. The van der Waals surface area contributed by atoms with E-state index in [0.29, 0.717) is 12.5 Å². The topological polar surface area (TPSA) is 15.7 Å². The number of hydrogen-bond donors (Lipinski definition) is 0. The maximum atomic E-state index is 13.1. The van der Waals surface area contributed by atoms with Gasteiger partial charge in [0.2, 0.25) is 0 Å². The van der Waals surface area contributed by atoms with Crippen LogP contribution in [0.1, 0.15) is 30.9 Å². The Balaban J connectivity index is 1.47. The van der Waals surface area contributed by atoms with Crippen LogP contribution in [0.5, 0.6) is 5.75 Å². The minimum absolute atomic E-state index is 0.179. The van der Waals surface area contributed by atoms with Crippen LogP contribution in [-0.4, -0.2) is 44.2 Å². The summed E-state index contributed by atoms with van der Waals surface area (Å²) in [6.07, 6.45) is 0. The van der Waals surface area contributed by atoms with Gasteiger partial charge in [-0.1, -0.05) is 26.0 Å². The van der Waals surface area contributed by atoms with Crippen LogP contribution in [0.4, 0.5) is 10.1 Å². The molecule has 4 heteroatoms. The van der Waals surface area contributed by atoms with Crippen molar-refractivity contribution in [2.24, 2.45) is 0 Å². The molecule has 1 aliphatic rings. The monoisotopic (exact) mass is 356 g/mol. The molecule has 0 bridgehead atoms. The highest BCUT2D eigenvalue weighted by Crippen LogP contribution is 2.27. The van der Waals surface area contributed by atoms with Crippen molar-refractivity contribution < 1.29 is 9.13 Å². The summed E-state index contributed by atoms with van der Waals surface area (Å²) < 4.78 is 19.2. The third-order valence-corrected chi connectivity index (χ3v) is 5.02. The summed E-state index contributed by atoms with van der Waals surface area (Å²) in [4.78, 5) is 4.75. The number of ether oxygens (including phenoxy) is 1. The number of aryl methyl sites for hydroxylation is 1. The fourth-order valence-electron chi connectivity index (χ4n) is 3.41. The van der Waals surface area contributed by atoms with E-state index in [0.717, 1.165) is 44.2 Å². The summed E-state index contributed by atoms with van der Waals surface area (Å²) in [5, 5.41) is 0. The SMILES string of the molecule is Cc1ccc(C(C)C)c(OCCN2CCN(c3ccc(F)cc3)CC2)c1. The molecule has 0 saturated carbocycles. The Hall–Kier alpha value is -2.07. The molecule has 0 atom stereocenters. The fraction of sp³-hybridized carbons (Fsp3) is 0.455. The van der Waals surface area contributed by atoms with Crippen molar-refractivity contribution in [3.63, 3.8) is 0 Å². The predicted molar refractivity (Wildman–Crippen MR) is 106 cm³/mol. The number of nitrogens with zero attached hydrogens (tertiary/aromatic N) is 2. The molecule has 3 rings (SSSR count). The molecule has 0 amide bonds. The van der Waals surface area contributed by atoms with Crippen LogP contribution in [0.15, 0.2) is 42.5 Å². The molecular formula is C22H29FN2O. The molecule has 26 heavy (non-hydrogen) atoms. The van der Waals surface area contributed by atoms with E-state index in [4.69, 9.17) is 4.74 Å². The largest absolute Gasteiger partial charge is 0.492 e. The molecule has 140 valence electrons. The number of piperazine rings is 1. The maximum absolute atomic E-state index is 13.1. The number of halogens is 1. The van der Waals surface area contributed by atoms with E-state index in [1.165, 1.54) is 23.3 Å². The van der Waals surface area contributed by atoms with Crippen LogP contribution in [0.3, 0.4) is 0 Å². The average Bonchev–Trinajstić information content (AvgIpc) is 2.63. The van der Waals surface area contributed by atoms with Crippen molar-refractivity contribution in [3.8, 4) is 5.75 Å². The summed E-state index contributed by atoms with van der Waals surface area (Å²) >= 11 is 0. The minimum Gasteiger partial charge on any atom is -0.492 e. The summed E-state index contributed by atoms with van der Waals surface area (Å²) in [6.45, 7) is 12.1. The first-order valence-corrected chi connectivity index (χ1v) is 9.49. The zero-order chi connectivity index (χ0) is 18.5. The van der Waals surface area contributed by atoms with Gasteiger partial charge in [0.1, 0.15) is 18.2 Å². The fourth-order valence-corrected chi connectivity index (χ4v) is 3.41. The van der Waals surface area contributed by atoms with Crippen LogP contribution < -0.4 is 9.64 Å². The van der Waals surface area contributed by atoms with Gasteiger partial charge in [0.25, 0.3) is 0 Å². The second-order valence-corrected chi connectivity index (χ2v) is 7.35. The third-order valence-electron chi connectivity index (χ3n) is 5.02. The highest BCUT2D eigenvalue weighted by molar-refractivity contribution is 5.46. The number of hydrogen-bond acceptors (Lipinski definition) is 3. The highest BCUT2D eigenvalue weighted by atomic mass is 19.1. The van der Waals surface area contributed by atoms with Gasteiger partial charge in [-0.3, -0.25) is 4.90 Å². The molecule has 0 unspecified atom stereocenters. The molecule has 0 spiro atoms. The van der Waals surface area contributed by atoms with Crippen molar-refractivity contribution in [2.75, 3.05) is 44.2 Å². The number of rotatable bonds is 6. The molecule has 3 nitrogen and oxygen atoms in total. The first kappa shape index (κ1) is 18.7. The molecule has 1 aliphatic heterocycles. The lowest BCUT2D eigenvalue weighted by Crippen LogP contribution is -2.47. The Morgan fingerprint density at radius 1 is 1.00 bits per heavy atom. The van der Waals surface area contributed by atoms with Gasteiger partial charge in [0, 0.05) is 38.4 Å². The van der Waals surface area contributed by atoms with E-state index in [1.807, 2.05) is 12.1 Å². The summed E-state index contributed by atoms with van der Waals surface area (Å²) in [5.74, 6) is 1.30. The normalized spacial score (nSPS) is 15.5. The Kier molecular flexibility index (Phi) is 6.15. The van der Waals surface area contributed by atoms with Crippen LogP contribution >= 0.6 is 0 Å². The average molecular weight is 356 g/mol. The van der Waals surface area contributed by atoms with Crippen molar-refractivity contribution in [2.45, 2.75) is 26.7 Å². The number of anilines is 1. The summed E-state index contributed by atoms with van der Waals surface area (Å²) in [5.41, 5.74) is 3.61.